The van der Waals surface area contributed by atoms with Gasteiger partial charge in [-0.3, -0.25) is 4.79 Å². The van der Waals surface area contributed by atoms with E-state index in [2.05, 4.69) is 4.98 Å². The first kappa shape index (κ1) is 17.2. The molecule has 0 amide bonds. The van der Waals surface area contributed by atoms with Gasteiger partial charge in [0.15, 0.2) is 0 Å². The number of imidazole rings is 1. The Bertz CT molecular complexity index is 500. The Balaban J connectivity index is 3.03. The smallest absolute Gasteiger partial charge is 0.420 e. The normalized spacial score (nSPS) is 11.3. The van der Waals surface area contributed by atoms with Gasteiger partial charge in [0, 0.05) is 12.6 Å². The molecule has 21 heavy (non-hydrogen) atoms. The molecule has 6 nitrogen and oxygen atoms in total. The third-order valence-corrected chi connectivity index (χ3v) is 2.59. The maximum atomic E-state index is 12.3. The second-order valence-corrected chi connectivity index (χ2v) is 5.71. The molecule has 0 N–H and O–H groups in total. The van der Waals surface area contributed by atoms with Gasteiger partial charge in [0.05, 0.1) is 18.7 Å². The number of esters is 1. The van der Waals surface area contributed by atoms with Crippen molar-refractivity contribution in [1.82, 2.24) is 9.55 Å². The van der Waals surface area contributed by atoms with Gasteiger partial charge >= 0.3 is 12.1 Å². The minimum Gasteiger partial charge on any atom is -0.466 e. The van der Waals surface area contributed by atoms with Crippen LogP contribution in [0, 0.1) is 0 Å². The second-order valence-electron chi connectivity index (χ2n) is 5.71. The van der Waals surface area contributed by atoms with Crippen LogP contribution in [0.15, 0.2) is 6.20 Å². The van der Waals surface area contributed by atoms with Crippen LogP contribution in [0.1, 0.15) is 52.6 Å². The molecule has 1 heterocycles. The largest absolute Gasteiger partial charge is 0.466 e. The molecular weight excluding hydrogens is 272 g/mol. The Hall–Kier alpha value is -1.85. The third kappa shape index (κ3) is 5.21. The number of hydrogen-bond donors (Lipinski definition) is 0. The highest BCUT2D eigenvalue weighted by atomic mass is 16.6. The number of aryl methyl sites for hydroxylation is 1. The molecule has 1 aromatic heterocycles. The van der Waals surface area contributed by atoms with E-state index in [1.165, 1.54) is 10.8 Å². The molecule has 118 valence electrons. The van der Waals surface area contributed by atoms with Crippen molar-refractivity contribution in [1.29, 1.82) is 0 Å². The van der Waals surface area contributed by atoms with Crippen molar-refractivity contribution in [3.8, 4) is 0 Å². The predicted molar refractivity (Wildman–Crippen MR) is 78.2 cm³/mol. The van der Waals surface area contributed by atoms with Crippen LogP contribution in [-0.2, 0) is 27.1 Å². The highest BCUT2D eigenvalue weighted by Gasteiger charge is 2.24. The Morgan fingerprint density at radius 1 is 1.29 bits per heavy atom. The molecule has 1 rings (SSSR count). The highest BCUT2D eigenvalue weighted by Crippen LogP contribution is 2.15. The van der Waals surface area contributed by atoms with Crippen LogP contribution in [-0.4, -0.2) is 33.8 Å². The van der Waals surface area contributed by atoms with E-state index in [1.807, 2.05) is 6.92 Å². The molecule has 0 fully saturated rings. The lowest BCUT2D eigenvalue weighted by Gasteiger charge is -2.21. The summed E-state index contributed by atoms with van der Waals surface area (Å²) in [6.07, 6.45) is 2.51. The number of aromatic nitrogens is 2. The van der Waals surface area contributed by atoms with E-state index in [0.717, 1.165) is 6.42 Å². The molecule has 0 bridgehead atoms. The second kappa shape index (κ2) is 7.24. The van der Waals surface area contributed by atoms with Gasteiger partial charge in [-0.15, -0.1) is 0 Å². The fourth-order valence-electron chi connectivity index (χ4n) is 1.85. The van der Waals surface area contributed by atoms with E-state index in [4.69, 9.17) is 9.47 Å². The average Bonchev–Trinajstić information content (AvgIpc) is 2.70. The van der Waals surface area contributed by atoms with Crippen LogP contribution in [0.25, 0.3) is 0 Å². The van der Waals surface area contributed by atoms with E-state index >= 15 is 0 Å². The summed E-state index contributed by atoms with van der Waals surface area (Å²) in [4.78, 5) is 28.2. The molecule has 6 heteroatoms. The van der Waals surface area contributed by atoms with Crippen molar-refractivity contribution in [3.63, 3.8) is 0 Å². The van der Waals surface area contributed by atoms with Crippen LogP contribution in [0.2, 0.25) is 0 Å². The number of nitrogens with zero attached hydrogens (tertiary/aromatic N) is 2. The van der Waals surface area contributed by atoms with Crippen LogP contribution < -0.4 is 0 Å². The van der Waals surface area contributed by atoms with Gasteiger partial charge in [-0.1, -0.05) is 6.92 Å². The molecular formula is C15H24N2O4. The Morgan fingerprint density at radius 3 is 2.48 bits per heavy atom. The van der Waals surface area contributed by atoms with Crippen molar-refractivity contribution in [2.45, 2.75) is 59.5 Å². The van der Waals surface area contributed by atoms with Gasteiger partial charge in [-0.25, -0.2) is 14.3 Å². The van der Waals surface area contributed by atoms with E-state index in [-0.39, 0.29) is 12.4 Å². The molecule has 0 spiro atoms. The zero-order valence-electron chi connectivity index (χ0n) is 13.4. The van der Waals surface area contributed by atoms with Crippen LogP contribution in [0.4, 0.5) is 4.79 Å². The van der Waals surface area contributed by atoms with Crippen molar-refractivity contribution < 1.29 is 19.1 Å². The van der Waals surface area contributed by atoms with Crippen molar-refractivity contribution in [2.24, 2.45) is 0 Å². The zero-order valence-corrected chi connectivity index (χ0v) is 13.4. The van der Waals surface area contributed by atoms with Crippen LogP contribution in [0.3, 0.4) is 0 Å². The first-order valence-electron chi connectivity index (χ1n) is 7.23. The van der Waals surface area contributed by atoms with Crippen molar-refractivity contribution in [3.05, 3.63) is 17.7 Å². The summed E-state index contributed by atoms with van der Waals surface area (Å²) < 4.78 is 11.7. The molecule has 0 aliphatic rings. The highest BCUT2D eigenvalue weighted by molar-refractivity contribution is 5.77. The van der Waals surface area contributed by atoms with Crippen molar-refractivity contribution >= 4 is 12.1 Å². The summed E-state index contributed by atoms with van der Waals surface area (Å²) in [7, 11) is 0. The van der Waals surface area contributed by atoms with E-state index in [0.29, 0.717) is 24.5 Å². The molecule has 0 radical (unpaired) electrons. The fraction of sp³-hybridized carbons (Fsp3) is 0.667. The lowest BCUT2D eigenvalue weighted by molar-refractivity contribution is -0.142. The summed E-state index contributed by atoms with van der Waals surface area (Å²) >= 11 is 0. The van der Waals surface area contributed by atoms with Gasteiger partial charge in [0.25, 0.3) is 0 Å². The van der Waals surface area contributed by atoms with E-state index in [9.17, 15) is 9.59 Å². The first-order valence-corrected chi connectivity index (χ1v) is 7.23. The molecule has 0 unspecified atom stereocenters. The standard InChI is InChI=1S/C15H24N2O4/c1-6-8-12-16-10-11(9-13(18)20-7-2)17(12)14(19)21-15(3,4)5/h10H,6-9H2,1-5H3. The van der Waals surface area contributed by atoms with E-state index in [1.54, 1.807) is 27.7 Å². The molecule has 0 saturated carbocycles. The number of carbonyl (C=O) groups excluding carboxylic acids is 2. The van der Waals surface area contributed by atoms with Gasteiger partial charge < -0.3 is 9.47 Å². The van der Waals surface area contributed by atoms with Gasteiger partial charge in [0.1, 0.15) is 11.4 Å². The van der Waals surface area contributed by atoms with E-state index < -0.39 is 11.7 Å². The fourth-order valence-corrected chi connectivity index (χ4v) is 1.85. The molecule has 0 aliphatic carbocycles. The SMILES string of the molecule is CCCc1ncc(CC(=O)OCC)n1C(=O)OC(C)(C)C. The van der Waals surface area contributed by atoms with Gasteiger partial charge in [-0.2, -0.15) is 0 Å². The quantitative estimate of drug-likeness (QED) is 0.781. The summed E-state index contributed by atoms with van der Waals surface area (Å²) in [6, 6.07) is 0. The lowest BCUT2D eigenvalue weighted by atomic mass is 10.2. The third-order valence-electron chi connectivity index (χ3n) is 2.59. The van der Waals surface area contributed by atoms with Crippen LogP contribution >= 0.6 is 0 Å². The lowest BCUT2D eigenvalue weighted by Crippen LogP contribution is -2.29. The topological polar surface area (TPSA) is 70.4 Å². The summed E-state index contributed by atoms with van der Waals surface area (Å²) in [5.74, 6) is 0.219. The van der Waals surface area contributed by atoms with Crippen molar-refractivity contribution in [2.75, 3.05) is 6.61 Å². The Kier molecular flexibility index (Phi) is 5.93. The molecule has 0 aromatic carbocycles. The Morgan fingerprint density at radius 2 is 1.95 bits per heavy atom. The summed E-state index contributed by atoms with van der Waals surface area (Å²) in [5, 5.41) is 0. The molecule has 1 aromatic rings. The molecule has 0 atom stereocenters. The maximum absolute atomic E-state index is 12.3. The number of carbonyl (C=O) groups is 2. The first-order chi connectivity index (χ1) is 9.78. The maximum Gasteiger partial charge on any atom is 0.420 e. The molecule has 0 aliphatic heterocycles. The number of rotatable bonds is 5. The monoisotopic (exact) mass is 296 g/mol. The Labute approximate surface area is 125 Å². The minimum absolute atomic E-state index is 0.00377. The number of ether oxygens (including phenoxy) is 2. The molecule has 0 saturated heterocycles. The predicted octanol–water partition coefficient (Wildman–Crippen LogP) is 2.72. The van der Waals surface area contributed by atoms with Crippen LogP contribution in [0.5, 0.6) is 0 Å². The zero-order chi connectivity index (χ0) is 16.0. The van der Waals surface area contributed by atoms with Gasteiger partial charge in [-0.05, 0) is 34.1 Å². The summed E-state index contributed by atoms with van der Waals surface area (Å²) in [5.41, 5.74) is -0.113. The average molecular weight is 296 g/mol. The minimum atomic E-state index is -0.605. The summed E-state index contributed by atoms with van der Waals surface area (Å²) in [6.45, 7) is 9.44. The number of hydrogen-bond acceptors (Lipinski definition) is 5. The van der Waals surface area contributed by atoms with Gasteiger partial charge in [0.2, 0.25) is 0 Å².